The van der Waals surface area contributed by atoms with Crippen molar-refractivity contribution in [2.45, 2.75) is 65.6 Å². The Balaban J connectivity index is 3.04. The Morgan fingerprint density at radius 1 is 0.903 bits per heavy atom. The normalized spacial score (nSPS) is 14.8. The van der Waals surface area contributed by atoms with Gasteiger partial charge in [-0.3, -0.25) is 14.4 Å². The highest BCUT2D eigenvalue weighted by Gasteiger charge is 2.33. The number of carboxylic acid groups (broad SMARTS) is 1. The monoisotopic (exact) mass is 435 g/mol. The lowest BCUT2D eigenvalue weighted by molar-refractivity contribution is -0.144. The quantitative estimate of drug-likeness (QED) is 0.353. The molecule has 0 saturated carbocycles. The summed E-state index contributed by atoms with van der Waals surface area (Å²) < 4.78 is 0. The zero-order valence-electron chi connectivity index (χ0n) is 18.6. The number of nitrogens with one attached hydrogen (secondary N) is 3. The number of hydrogen-bond donors (Lipinski definition) is 5. The maximum atomic E-state index is 13.0. The van der Waals surface area contributed by atoms with Crippen LogP contribution in [0.1, 0.15) is 46.6 Å². The van der Waals surface area contributed by atoms with Crippen LogP contribution in [-0.4, -0.2) is 52.0 Å². The van der Waals surface area contributed by atoms with Crippen molar-refractivity contribution in [1.82, 2.24) is 16.0 Å². The summed E-state index contributed by atoms with van der Waals surface area (Å²) in [7, 11) is 0. The van der Waals surface area contributed by atoms with Crippen molar-refractivity contribution in [3.05, 3.63) is 29.8 Å². The lowest BCUT2D eigenvalue weighted by Gasteiger charge is -2.28. The summed E-state index contributed by atoms with van der Waals surface area (Å²) in [6.07, 6.45) is 0.727. The summed E-state index contributed by atoms with van der Waals surface area (Å²) >= 11 is 0. The van der Waals surface area contributed by atoms with Crippen molar-refractivity contribution in [2.24, 2.45) is 11.8 Å². The van der Waals surface area contributed by atoms with Gasteiger partial charge in [-0.25, -0.2) is 4.79 Å². The molecule has 172 valence electrons. The smallest absolute Gasteiger partial charge is 0.326 e. The van der Waals surface area contributed by atoms with Crippen LogP contribution in [0.5, 0.6) is 5.75 Å². The van der Waals surface area contributed by atoms with Gasteiger partial charge >= 0.3 is 5.97 Å². The van der Waals surface area contributed by atoms with E-state index < -0.39 is 41.8 Å². The SMILES string of the molecule is CCC(C)C(NC(=O)C(Cc1ccc(O)cc1)NC(C)=O)C(=O)NC(C(=O)O)C(C)C. The lowest BCUT2D eigenvalue weighted by atomic mass is 9.96. The third-order valence-electron chi connectivity index (χ3n) is 5.09. The average Bonchev–Trinajstić information content (AvgIpc) is 2.69. The van der Waals surface area contributed by atoms with Crippen molar-refractivity contribution < 1.29 is 29.4 Å². The average molecular weight is 436 g/mol. The molecule has 0 aliphatic rings. The van der Waals surface area contributed by atoms with E-state index in [4.69, 9.17) is 0 Å². The van der Waals surface area contributed by atoms with Crippen LogP contribution in [0.2, 0.25) is 0 Å². The second-order valence-electron chi connectivity index (χ2n) is 8.06. The fourth-order valence-corrected chi connectivity index (χ4v) is 3.03. The third kappa shape index (κ3) is 8.27. The van der Waals surface area contributed by atoms with Gasteiger partial charge < -0.3 is 26.2 Å². The van der Waals surface area contributed by atoms with Crippen LogP contribution in [0.15, 0.2) is 24.3 Å². The first kappa shape index (κ1) is 25.9. The van der Waals surface area contributed by atoms with Gasteiger partial charge in [0.05, 0.1) is 0 Å². The zero-order valence-corrected chi connectivity index (χ0v) is 18.6. The summed E-state index contributed by atoms with van der Waals surface area (Å²) in [5, 5.41) is 26.5. The van der Waals surface area contributed by atoms with E-state index >= 15 is 0 Å². The highest BCUT2D eigenvalue weighted by Crippen LogP contribution is 2.13. The van der Waals surface area contributed by atoms with E-state index in [0.29, 0.717) is 12.0 Å². The van der Waals surface area contributed by atoms with Crippen molar-refractivity contribution in [1.29, 1.82) is 0 Å². The Labute approximate surface area is 182 Å². The Morgan fingerprint density at radius 3 is 1.90 bits per heavy atom. The summed E-state index contributed by atoms with van der Waals surface area (Å²) in [5.41, 5.74) is 0.710. The Bertz CT molecular complexity index is 778. The van der Waals surface area contributed by atoms with Crippen LogP contribution in [0.4, 0.5) is 0 Å². The largest absolute Gasteiger partial charge is 0.508 e. The third-order valence-corrected chi connectivity index (χ3v) is 5.09. The van der Waals surface area contributed by atoms with Crippen LogP contribution < -0.4 is 16.0 Å². The number of hydrogen-bond acceptors (Lipinski definition) is 5. The molecular weight excluding hydrogens is 402 g/mol. The van der Waals surface area contributed by atoms with Crippen LogP contribution in [0.25, 0.3) is 0 Å². The minimum Gasteiger partial charge on any atom is -0.508 e. The fourth-order valence-electron chi connectivity index (χ4n) is 3.03. The number of carboxylic acids is 1. The first-order chi connectivity index (χ1) is 14.5. The first-order valence-corrected chi connectivity index (χ1v) is 10.3. The van der Waals surface area contributed by atoms with Gasteiger partial charge in [-0.1, -0.05) is 46.2 Å². The van der Waals surface area contributed by atoms with E-state index in [9.17, 15) is 29.4 Å². The predicted octanol–water partition coefficient (Wildman–Crippen LogP) is 1.20. The van der Waals surface area contributed by atoms with Crippen LogP contribution in [-0.2, 0) is 25.6 Å². The standard InChI is InChI=1S/C22H33N3O6/c1-6-13(4)19(21(29)24-18(12(2)3)22(30)31)25-20(28)17(23-14(5)26)11-15-7-9-16(27)10-8-15/h7-10,12-13,17-19,27H,6,11H2,1-5H3,(H,23,26)(H,24,29)(H,25,28)(H,30,31). The summed E-state index contributed by atoms with van der Waals surface area (Å²) in [6.45, 7) is 8.29. The molecule has 5 N–H and O–H groups in total. The van der Waals surface area contributed by atoms with Crippen molar-refractivity contribution >= 4 is 23.7 Å². The molecule has 0 spiro atoms. The van der Waals surface area contributed by atoms with Crippen LogP contribution in [0, 0.1) is 11.8 Å². The molecule has 0 aliphatic heterocycles. The van der Waals surface area contributed by atoms with Gasteiger partial charge in [0.2, 0.25) is 17.7 Å². The molecular formula is C22H33N3O6. The van der Waals surface area contributed by atoms with E-state index in [1.807, 2.05) is 6.92 Å². The number of phenolic OH excluding ortho intramolecular Hbond substituents is 1. The number of aliphatic carboxylic acids is 1. The van der Waals surface area contributed by atoms with Crippen molar-refractivity contribution in [2.75, 3.05) is 0 Å². The molecule has 0 heterocycles. The number of rotatable bonds is 11. The number of carbonyl (C=O) groups is 4. The summed E-state index contributed by atoms with van der Waals surface area (Å²) in [4.78, 5) is 48.9. The Hall–Kier alpha value is -3.10. The molecule has 4 atom stereocenters. The van der Waals surface area contributed by atoms with Gasteiger partial charge in [0.15, 0.2) is 0 Å². The van der Waals surface area contributed by atoms with Crippen molar-refractivity contribution in [3.63, 3.8) is 0 Å². The highest BCUT2D eigenvalue weighted by atomic mass is 16.4. The topological polar surface area (TPSA) is 145 Å². The van der Waals surface area contributed by atoms with Gasteiger partial charge in [-0.15, -0.1) is 0 Å². The molecule has 9 nitrogen and oxygen atoms in total. The van der Waals surface area contributed by atoms with E-state index in [1.165, 1.54) is 19.1 Å². The second-order valence-corrected chi connectivity index (χ2v) is 8.06. The van der Waals surface area contributed by atoms with Gasteiger partial charge in [0.25, 0.3) is 0 Å². The fraction of sp³-hybridized carbons (Fsp3) is 0.545. The van der Waals surface area contributed by atoms with Crippen molar-refractivity contribution in [3.8, 4) is 5.75 Å². The minimum absolute atomic E-state index is 0.0796. The van der Waals surface area contributed by atoms with Gasteiger partial charge in [0, 0.05) is 13.3 Å². The number of amides is 3. The lowest BCUT2D eigenvalue weighted by Crippen LogP contribution is -2.58. The molecule has 0 saturated heterocycles. The maximum Gasteiger partial charge on any atom is 0.326 e. The molecule has 1 aromatic rings. The Morgan fingerprint density at radius 2 is 1.45 bits per heavy atom. The number of aromatic hydroxyl groups is 1. The molecule has 31 heavy (non-hydrogen) atoms. The van der Waals surface area contributed by atoms with Gasteiger partial charge in [-0.05, 0) is 29.5 Å². The summed E-state index contributed by atoms with van der Waals surface area (Å²) in [6, 6.07) is 3.24. The van der Waals surface area contributed by atoms with Gasteiger partial charge in [0.1, 0.15) is 23.9 Å². The molecule has 0 radical (unpaired) electrons. The number of benzene rings is 1. The molecule has 0 aromatic heterocycles. The Kier molecular flexibility index (Phi) is 9.98. The number of carbonyl (C=O) groups excluding carboxylic acids is 3. The molecule has 1 aromatic carbocycles. The minimum atomic E-state index is -1.15. The molecule has 0 bridgehead atoms. The maximum absolute atomic E-state index is 13.0. The molecule has 3 amide bonds. The van der Waals surface area contributed by atoms with E-state index in [0.717, 1.165) is 0 Å². The highest BCUT2D eigenvalue weighted by molar-refractivity contribution is 5.93. The summed E-state index contributed by atoms with van der Waals surface area (Å²) in [5.74, 6) is -3.23. The molecule has 4 unspecified atom stereocenters. The van der Waals surface area contributed by atoms with Gasteiger partial charge in [-0.2, -0.15) is 0 Å². The van der Waals surface area contributed by atoms with E-state index in [-0.39, 0.29) is 24.0 Å². The molecule has 0 fully saturated rings. The van der Waals surface area contributed by atoms with E-state index in [1.54, 1.807) is 32.9 Å². The molecule has 0 aliphatic carbocycles. The predicted molar refractivity (Wildman–Crippen MR) is 115 cm³/mol. The number of phenols is 1. The van der Waals surface area contributed by atoms with Crippen LogP contribution in [0.3, 0.4) is 0 Å². The molecule has 1 rings (SSSR count). The van der Waals surface area contributed by atoms with Crippen LogP contribution >= 0.6 is 0 Å². The van der Waals surface area contributed by atoms with E-state index in [2.05, 4.69) is 16.0 Å². The zero-order chi connectivity index (χ0) is 23.7. The molecule has 9 heteroatoms. The second kappa shape index (κ2) is 11.9. The first-order valence-electron chi connectivity index (χ1n) is 10.3.